The minimum absolute atomic E-state index is 0.144. The summed E-state index contributed by atoms with van der Waals surface area (Å²) in [5.41, 5.74) is 0. The van der Waals surface area contributed by atoms with E-state index in [1.807, 2.05) is 0 Å². The predicted octanol–water partition coefficient (Wildman–Crippen LogP) is 0.388. The average molecular weight is 289 g/mol. The molecular formula is C13H27N3O2S. The zero-order chi connectivity index (χ0) is 13.9. The second-order valence-corrected chi connectivity index (χ2v) is 8.02. The molecule has 0 aromatic carbocycles. The summed E-state index contributed by atoms with van der Waals surface area (Å²) in [4.78, 5) is 2.37. The van der Waals surface area contributed by atoms with Crippen LogP contribution in [0.3, 0.4) is 0 Å². The number of nitrogens with zero attached hydrogens (tertiary/aromatic N) is 1. The number of hydrogen-bond acceptors (Lipinski definition) is 4. The molecule has 3 heterocycles. The third-order valence-electron chi connectivity index (χ3n) is 4.13. The average Bonchev–Trinajstić information content (AvgIpc) is 2.35. The monoisotopic (exact) mass is 289 g/mol. The van der Waals surface area contributed by atoms with Crippen LogP contribution in [0, 0.1) is 5.92 Å². The van der Waals surface area contributed by atoms with Gasteiger partial charge in [-0.05, 0) is 44.8 Å². The van der Waals surface area contributed by atoms with Gasteiger partial charge in [0.1, 0.15) is 0 Å². The van der Waals surface area contributed by atoms with Crippen LogP contribution in [0.1, 0.15) is 33.1 Å². The Kier molecular flexibility index (Phi) is 5.22. The molecule has 0 aliphatic carbocycles. The van der Waals surface area contributed by atoms with E-state index in [1.165, 1.54) is 0 Å². The first-order valence-electron chi connectivity index (χ1n) is 7.42. The lowest BCUT2D eigenvalue weighted by atomic mass is 9.85. The summed E-state index contributed by atoms with van der Waals surface area (Å²) in [5, 5.41) is 3.25. The summed E-state index contributed by atoms with van der Waals surface area (Å²) >= 11 is 0. The number of rotatable bonds is 7. The van der Waals surface area contributed by atoms with Gasteiger partial charge in [-0.3, -0.25) is 0 Å². The van der Waals surface area contributed by atoms with E-state index in [0.717, 1.165) is 39.0 Å². The molecule has 1 atom stereocenters. The lowest BCUT2D eigenvalue weighted by Gasteiger charge is -2.44. The zero-order valence-corrected chi connectivity index (χ0v) is 12.9. The highest BCUT2D eigenvalue weighted by molar-refractivity contribution is 7.89. The Hall–Kier alpha value is -0.170. The van der Waals surface area contributed by atoms with Crippen LogP contribution in [-0.2, 0) is 10.0 Å². The number of sulfonamides is 1. The van der Waals surface area contributed by atoms with E-state index >= 15 is 0 Å². The normalized spacial score (nSPS) is 31.0. The van der Waals surface area contributed by atoms with Crippen LogP contribution in [0.5, 0.6) is 0 Å². The molecule has 0 spiro atoms. The fraction of sp³-hybridized carbons (Fsp3) is 1.00. The van der Waals surface area contributed by atoms with Crippen molar-refractivity contribution in [2.24, 2.45) is 5.92 Å². The van der Waals surface area contributed by atoms with Crippen molar-refractivity contribution < 1.29 is 8.42 Å². The van der Waals surface area contributed by atoms with Crippen LogP contribution in [0.4, 0.5) is 0 Å². The molecule has 0 aromatic rings. The van der Waals surface area contributed by atoms with Gasteiger partial charge in [-0.2, -0.15) is 0 Å². The number of nitrogens with one attached hydrogen (secondary N) is 2. The predicted molar refractivity (Wildman–Crippen MR) is 77.6 cm³/mol. The third kappa shape index (κ3) is 4.70. The van der Waals surface area contributed by atoms with Crippen molar-refractivity contribution in [1.82, 2.24) is 14.9 Å². The highest BCUT2D eigenvalue weighted by Gasteiger charge is 2.35. The van der Waals surface area contributed by atoms with Crippen molar-refractivity contribution in [2.45, 2.75) is 45.2 Å². The maximum atomic E-state index is 12.1. The quantitative estimate of drug-likeness (QED) is 0.666. The van der Waals surface area contributed by atoms with Gasteiger partial charge in [-0.15, -0.1) is 0 Å². The van der Waals surface area contributed by atoms with E-state index < -0.39 is 10.0 Å². The molecule has 3 fully saturated rings. The molecule has 2 N–H and O–H groups in total. The Labute approximate surface area is 117 Å². The molecule has 0 radical (unpaired) electrons. The minimum Gasteiger partial charge on any atom is -0.314 e. The molecule has 0 aromatic heterocycles. The number of piperidine rings is 3. The Morgan fingerprint density at radius 3 is 2.47 bits per heavy atom. The van der Waals surface area contributed by atoms with E-state index in [4.69, 9.17) is 0 Å². The van der Waals surface area contributed by atoms with Crippen LogP contribution in [0.25, 0.3) is 0 Å². The van der Waals surface area contributed by atoms with E-state index in [9.17, 15) is 8.42 Å². The molecule has 5 nitrogen and oxygen atoms in total. The van der Waals surface area contributed by atoms with Gasteiger partial charge in [0.15, 0.2) is 0 Å². The maximum absolute atomic E-state index is 12.1. The molecule has 1 unspecified atom stereocenters. The van der Waals surface area contributed by atoms with Gasteiger partial charge in [0.2, 0.25) is 10.0 Å². The van der Waals surface area contributed by atoms with Gasteiger partial charge < -0.3 is 10.2 Å². The van der Waals surface area contributed by atoms with Gasteiger partial charge in [-0.25, -0.2) is 13.1 Å². The van der Waals surface area contributed by atoms with Gasteiger partial charge in [0.05, 0.1) is 5.75 Å². The van der Waals surface area contributed by atoms with Gasteiger partial charge >= 0.3 is 0 Å². The fourth-order valence-corrected chi connectivity index (χ4v) is 4.41. The van der Waals surface area contributed by atoms with Gasteiger partial charge in [0.25, 0.3) is 0 Å². The van der Waals surface area contributed by atoms with Crippen molar-refractivity contribution in [3.8, 4) is 0 Å². The number of hydrogen-bond donors (Lipinski definition) is 2. The van der Waals surface area contributed by atoms with E-state index in [-0.39, 0.29) is 11.8 Å². The fourth-order valence-electron chi connectivity index (χ4n) is 3.04. The summed E-state index contributed by atoms with van der Waals surface area (Å²) in [6.07, 6.45) is 2.96. The Morgan fingerprint density at radius 1 is 1.26 bits per heavy atom. The highest BCUT2D eigenvalue weighted by Crippen LogP contribution is 2.27. The molecule has 3 aliphatic rings. The van der Waals surface area contributed by atoms with E-state index in [0.29, 0.717) is 18.4 Å². The summed E-state index contributed by atoms with van der Waals surface area (Å²) in [6.45, 7) is 8.08. The van der Waals surface area contributed by atoms with Crippen molar-refractivity contribution in [1.29, 1.82) is 0 Å². The molecular weight excluding hydrogens is 262 g/mol. The second-order valence-electron chi connectivity index (χ2n) is 6.14. The molecule has 3 saturated heterocycles. The first kappa shape index (κ1) is 15.2. The van der Waals surface area contributed by atoms with Crippen molar-refractivity contribution in [3.05, 3.63) is 0 Å². The molecule has 19 heavy (non-hydrogen) atoms. The molecule has 0 saturated carbocycles. The minimum atomic E-state index is -3.12. The van der Waals surface area contributed by atoms with E-state index in [1.54, 1.807) is 0 Å². The summed E-state index contributed by atoms with van der Waals surface area (Å²) in [5.74, 6) is 0.782. The van der Waals surface area contributed by atoms with Gasteiger partial charge in [0, 0.05) is 18.6 Å². The smallest absolute Gasteiger partial charge is 0.211 e. The van der Waals surface area contributed by atoms with Crippen LogP contribution in [0.2, 0.25) is 0 Å². The highest BCUT2D eigenvalue weighted by atomic mass is 32.2. The SMILES string of the molecule is CC(C)NCCCS(=O)(=O)NC1CN2CCC1CC2. The standard InChI is InChI=1S/C13H27N3O2S/c1-11(2)14-6-3-9-19(17,18)15-13-10-16-7-4-12(13)5-8-16/h11-15H,3-10H2,1-2H3. The topological polar surface area (TPSA) is 61.4 Å². The molecule has 3 aliphatic heterocycles. The second kappa shape index (κ2) is 6.52. The lowest BCUT2D eigenvalue weighted by molar-refractivity contribution is 0.0827. The summed E-state index contributed by atoms with van der Waals surface area (Å²) in [6, 6.07) is 0.558. The molecule has 112 valence electrons. The van der Waals surface area contributed by atoms with Gasteiger partial charge in [-0.1, -0.05) is 13.8 Å². The first-order valence-corrected chi connectivity index (χ1v) is 9.07. The zero-order valence-electron chi connectivity index (χ0n) is 12.1. The summed E-state index contributed by atoms with van der Waals surface area (Å²) in [7, 11) is -3.12. The summed E-state index contributed by atoms with van der Waals surface area (Å²) < 4.78 is 27.0. The Morgan fingerprint density at radius 2 is 1.95 bits per heavy atom. The number of fused-ring (bicyclic) bond motifs is 3. The largest absolute Gasteiger partial charge is 0.314 e. The van der Waals surface area contributed by atoms with Crippen LogP contribution < -0.4 is 10.0 Å². The molecule has 0 amide bonds. The van der Waals surface area contributed by atoms with Crippen molar-refractivity contribution >= 4 is 10.0 Å². The molecule has 3 rings (SSSR count). The Bertz CT molecular complexity index is 375. The third-order valence-corrected chi connectivity index (χ3v) is 5.62. The van der Waals surface area contributed by atoms with Crippen molar-refractivity contribution in [3.63, 3.8) is 0 Å². The van der Waals surface area contributed by atoms with Crippen LogP contribution in [0.15, 0.2) is 0 Å². The maximum Gasteiger partial charge on any atom is 0.211 e. The van der Waals surface area contributed by atoms with Crippen LogP contribution in [-0.4, -0.2) is 57.3 Å². The molecule has 2 bridgehead atoms. The van der Waals surface area contributed by atoms with Crippen molar-refractivity contribution in [2.75, 3.05) is 31.9 Å². The Balaban J connectivity index is 1.74. The molecule has 6 heteroatoms. The first-order chi connectivity index (χ1) is 8.96. The van der Waals surface area contributed by atoms with Crippen LogP contribution >= 0.6 is 0 Å². The van der Waals surface area contributed by atoms with E-state index in [2.05, 4.69) is 28.8 Å². The lowest BCUT2D eigenvalue weighted by Crippen LogP contribution is -2.57.